The summed E-state index contributed by atoms with van der Waals surface area (Å²) in [5, 5.41) is 4.11. The second-order valence-corrected chi connectivity index (χ2v) is 6.44. The quantitative estimate of drug-likeness (QED) is 0.943. The number of nitrogens with one attached hydrogen (secondary N) is 1. The number of rotatable bonds is 3. The van der Waals surface area contributed by atoms with Crippen LogP contribution in [0.5, 0.6) is 5.75 Å². The van der Waals surface area contributed by atoms with Crippen LogP contribution in [0.2, 0.25) is 0 Å². The summed E-state index contributed by atoms with van der Waals surface area (Å²) in [5.74, 6) is 1.19. The van der Waals surface area contributed by atoms with E-state index in [1.54, 1.807) is 13.2 Å². The number of benzene rings is 1. The molecule has 0 aliphatic carbocycles. The molecular formula is C18H21N3O2. The minimum absolute atomic E-state index is 0.104. The molecule has 120 valence electrons. The summed E-state index contributed by atoms with van der Waals surface area (Å²) in [6.45, 7) is 3.29. The largest absolute Gasteiger partial charge is 0.496 e. The fraction of sp³-hybridized carbons (Fsp3) is 0.444. The molecule has 3 aliphatic heterocycles. The van der Waals surface area contributed by atoms with Gasteiger partial charge in [-0.05, 0) is 44.0 Å². The van der Waals surface area contributed by atoms with Crippen molar-refractivity contribution in [1.82, 2.24) is 15.2 Å². The molecule has 2 bridgehead atoms. The molecule has 0 radical (unpaired) electrons. The van der Waals surface area contributed by atoms with Crippen molar-refractivity contribution in [2.45, 2.75) is 18.9 Å². The molecule has 3 fully saturated rings. The highest BCUT2D eigenvalue weighted by Gasteiger charge is 2.35. The topological polar surface area (TPSA) is 54.5 Å². The Morgan fingerprint density at radius 3 is 2.78 bits per heavy atom. The molecule has 0 unspecified atom stereocenters. The van der Waals surface area contributed by atoms with E-state index in [0.29, 0.717) is 17.4 Å². The number of fused-ring (bicyclic) bond motifs is 4. The molecule has 1 N–H and O–H groups in total. The molecule has 3 saturated heterocycles. The van der Waals surface area contributed by atoms with Crippen molar-refractivity contribution in [2.75, 3.05) is 26.7 Å². The van der Waals surface area contributed by atoms with E-state index < -0.39 is 0 Å². The Morgan fingerprint density at radius 1 is 1.30 bits per heavy atom. The Balaban J connectivity index is 1.59. The fourth-order valence-electron chi connectivity index (χ4n) is 3.80. The van der Waals surface area contributed by atoms with Gasteiger partial charge in [-0.1, -0.05) is 12.1 Å². The van der Waals surface area contributed by atoms with Crippen molar-refractivity contribution >= 4 is 16.8 Å². The van der Waals surface area contributed by atoms with Gasteiger partial charge < -0.3 is 15.0 Å². The zero-order valence-corrected chi connectivity index (χ0v) is 13.3. The Bertz CT molecular complexity index is 738. The van der Waals surface area contributed by atoms with Gasteiger partial charge in [0.05, 0.1) is 12.6 Å². The average molecular weight is 311 g/mol. The van der Waals surface area contributed by atoms with Gasteiger partial charge in [-0.2, -0.15) is 0 Å². The number of methoxy groups -OCH3 is 1. The van der Waals surface area contributed by atoms with Crippen molar-refractivity contribution in [3.8, 4) is 5.75 Å². The van der Waals surface area contributed by atoms with Gasteiger partial charge in [-0.25, -0.2) is 4.98 Å². The molecule has 3 aliphatic rings. The fourth-order valence-corrected chi connectivity index (χ4v) is 3.80. The number of ether oxygens (including phenoxy) is 1. The summed E-state index contributed by atoms with van der Waals surface area (Å²) in [6.07, 6.45) is 2.36. The average Bonchev–Trinajstić information content (AvgIpc) is 2.61. The number of nitrogens with zero attached hydrogens (tertiary/aromatic N) is 2. The Kier molecular flexibility index (Phi) is 3.65. The van der Waals surface area contributed by atoms with Crippen LogP contribution < -0.4 is 10.1 Å². The number of pyridine rings is 1. The van der Waals surface area contributed by atoms with Crippen LogP contribution in [0.3, 0.4) is 0 Å². The number of aromatic nitrogens is 1. The Labute approximate surface area is 135 Å². The number of hydrogen-bond acceptors (Lipinski definition) is 4. The van der Waals surface area contributed by atoms with E-state index >= 15 is 0 Å². The van der Waals surface area contributed by atoms with Crippen LogP contribution in [0.4, 0.5) is 0 Å². The van der Waals surface area contributed by atoms with E-state index in [9.17, 15) is 4.79 Å². The van der Waals surface area contributed by atoms with E-state index in [0.717, 1.165) is 17.4 Å². The molecule has 5 heteroatoms. The summed E-state index contributed by atoms with van der Waals surface area (Å²) in [4.78, 5) is 19.6. The molecule has 1 aromatic heterocycles. The van der Waals surface area contributed by atoms with Crippen molar-refractivity contribution in [3.05, 3.63) is 36.0 Å². The molecule has 23 heavy (non-hydrogen) atoms. The van der Waals surface area contributed by atoms with Crippen molar-refractivity contribution in [2.24, 2.45) is 5.92 Å². The van der Waals surface area contributed by atoms with Crippen molar-refractivity contribution < 1.29 is 9.53 Å². The summed E-state index contributed by atoms with van der Waals surface area (Å²) < 4.78 is 5.43. The maximum absolute atomic E-state index is 12.7. The first kappa shape index (κ1) is 14.5. The number of carbonyl (C=O) groups excluding carboxylic acids is 1. The highest BCUT2D eigenvalue weighted by molar-refractivity contribution is 5.97. The monoisotopic (exact) mass is 311 g/mol. The van der Waals surface area contributed by atoms with Gasteiger partial charge in [0.15, 0.2) is 0 Å². The third-order valence-corrected chi connectivity index (χ3v) is 5.10. The lowest BCUT2D eigenvalue weighted by atomic mass is 9.84. The van der Waals surface area contributed by atoms with Gasteiger partial charge in [-0.3, -0.25) is 4.79 Å². The van der Waals surface area contributed by atoms with Crippen LogP contribution in [-0.4, -0.2) is 48.6 Å². The van der Waals surface area contributed by atoms with Crippen molar-refractivity contribution in [1.29, 1.82) is 0 Å². The van der Waals surface area contributed by atoms with Crippen LogP contribution in [0.25, 0.3) is 10.9 Å². The molecule has 1 aromatic carbocycles. The third kappa shape index (κ3) is 2.65. The first-order valence-corrected chi connectivity index (χ1v) is 8.21. The standard InChI is InChI=1S/C18H21N3O2/c1-23-17-10-15(19-14-5-3-2-4-13(14)17)18(22)20-16-11-21-8-6-12(16)7-9-21/h2-5,10,12,16H,6-9,11H2,1H3,(H,20,22)/t16-/m1/s1. The normalized spacial score (nSPS) is 26.2. The van der Waals surface area contributed by atoms with E-state index in [2.05, 4.69) is 15.2 Å². The molecule has 1 atom stereocenters. The summed E-state index contributed by atoms with van der Waals surface area (Å²) >= 11 is 0. The van der Waals surface area contributed by atoms with E-state index in [1.807, 2.05) is 24.3 Å². The molecule has 1 amide bonds. The van der Waals surface area contributed by atoms with E-state index in [4.69, 9.17) is 4.74 Å². The number of carbonyl (C=O) groups is 1. The van der Waals surface area contributed by atoms with E-state index in [1.165, 1.54) is 25.9 Å². The molecular weight excluding hydrogens is 290 g/mol. The predicted molar refractivity (Wildman–Crippen MR) is 88.7 cm³/mol. The van der Waals surface area contributed by atoms with Crippen LogP contribution in [0.1, 0.15) is 23.3 Å². The number of para-hydroxylation sites is 1. The SMILES string of the molecule is COc1cc(C(=O)N[C@@H]2CN3CCC2CC3)nc2ccccc12. The summed E-state index contributed by atoms with van der Waals surface area (Å²) in [7, 11) is 1.62. The number of hydrogen-bond donors (Lipinski definition) is 1. The van der Waals surface area contributed by atoms with Crippen LogP contribution >= 0.6 is 0 Å². The number of amides is 1. The van der Waals surface area contributed by atoms with Gasteiger partial charge in [0.25, 0.3) is 5.91 Å². The molecule has 5 rings (SSSR count). The zero-order chi connectivity index (χ0) is 15.8. The molecule has 4 heterocycles. The van der Waals surface area contributed by atoms with Gasteiger partial charge >= 0.3 is 0 Å². The predicted octanol–water partition coefficient (Wildman–Crippen LogP) is 2.07. The number of piperidine rings is 3. The lowest BCUT2D eigenvalue weighted by Crippen LogP contribution is -2.57. The van der Waals surface area contributed by atoms with Crippen LogP contribution in [-0.2, 0) is 0 Å². The van der Waals surface area contributed by atoms with Gasteiger partial charge in [-0.15, -0.1) is 0 Å². The first-order chi connectivity index (χ1) is 11.2. The van der Waals surface area contributed by atoms with Gasteiger partial charge in [0.2, 0.25) is 0 Å². The second kappa shape index (κ2) is 5.81. The first-order valence-electron chi connectivity index (χ1n) is 8.21. The van der Waals surface area contributed by atoms with Crippen LogP contribution in [0.15, 0.2) is 30.3 Å². The Morgan fingerprint density at radius 2 is 2.09 bits per heavy atom. The van der Waals surface area contributed by atoms with E-state index in [-0.39, 0.29) is 11.9 Å². The molecule has 5 nitrogen and oxygen atoms in total. The molecule has 0 saturated carbocycles. The lowest BCUT2D eigenvalue weighted by molar-refractivity contribution is 0.0618. The minimum atomic E-state index is -0.104. The van der Waals surface area contributed by atoms with Crippen molar-refractivity contribution in [3.63, 3.8) is 0 Å². The zero-order valence-electron chi connectivity index (χ0n) is 13.3. The maximum atomic E-state index is 12.7. The third-order valence-electron chi connectivity index (χ3n) is 5.10. The Hall–Kier alpha value is -2.14. The minimum Gasteiger partial charge on any atom is -0.496 e. The van der Waals surface area contributed by atoms with Gasteiger partial charge in [0, 0.05) is 24.0 Å². The lowest BCUT2D eigenvalue weighted by Gasteiger charge is -2.44. The maximum Gasteiger partial charge on any atom is 0.270 e. The highest BCUT2D eigenvalue weighted by Crippen LogP contribution is 2.28. The molecule has 2 aromatic rings. The van der Waals surface area contributed by atoms with Gasteiger partial charge in [0.1, 0.15) is 11.4 Å². The smallest absolute Gasteiger partial charge is 0.270 e. The summed E-state index contributed by atoms with van der Waals surface area (Å²) in [5.41, 5.74) is 1.21. The highest BCUT2D eigenvalue weighted by atomic mass is 16.5. The van der Waals surface area contributed by atoms with Crippen LogP contribution in [0, 0.1) is 5.92 Å². The molecule has 0 spiro atoms. The second-order valence-electron chi connectivity index (χ2n) is 6.44. The summed E-state index contributed by atoms with van der Waals surface area (Å²) in [6, 6.07) is 9.70.